The van der Waals surface area contributed by atoms with Crippen LogP contribution >= 0.6 is 22.6 Å². The van der Waals surface area contributed by atoms with E-state index < -0.39 is 0 Å². The van der Waals surface area contributed by atoms with Crippen molar-refractivity contribution in [1.82, 2.24) is 4.57 Å². The van der Waals surface area contributed by atoms with E-state index in [0.717, 1.165) is 12.8 Å². The van der Waals surface area contributed by atoms with Crippen molar-refractivity contribution < 1.29 is 0 Å². The van der Waals surface area contributed by atoms with Crippen LogP contribution in [-0.2, 0) is 11.8 Å². The van der Waals surface area contributed by atoms with Gasteiger partial charge >= 0.3 is 0 Å². The van der Waals surface area contributed by atoms with Crippen LogP contribution in [-0.4, -0.2) is 14.0 Å². The summed E-state index contributed by atoms with van der Waals surface area (Å²) in [6.07, 6.45) is 9.79. The highest BCUT2D eigenvalue weighted by molar-refractivity contribution is 14.1. The van der Waals surface area contributed by atoms with Crippen LogP contribution in [0.3, 0.4) is 0 Å². The number of hydrogen-bond acceptors (Lipinski definition) is 2. The van der Waals surface area contributed by atoms with Crippen LogP contribution in [0.25, 0.3) is 28.2 Å². The van der Waals surface area contributed by atoms with Crippen molar-refractivity contribution >= 4 is 73.6 Å². The summed E-state index contributed by atoms with van der Waals surface area (Å²) >= 11 is 2.67. The normalized spacial score (nSPS) is 19.7. The van der Waals surface area contributed by atoms with Gasteiger partial charge in [0.1, 0.15) is 0 Å². The molecule has 3 unspecified atom stereocenters. The quantitative estimate of drug-likeness (QED) is 0.122. The molecule has 0 fully saturated rings. The molecule has 290 valence electrons. The number of halogens is 1. The van der Waals surface area contributed by atoms with E-state index in [0.29, 0.717) is 17.8 Å². The van der Waals surface area contributed by atoms with Crippen molar-refractivity contribution in [2.75, 3.05) is 9.80 Å². The van der Waals surface area contributed by atoms with Crippen LogP contribution in [0.2, 0.25) is 0 Å². The summed E-state index contributed by atoms with van der Waals surface area (Å²) in [4.78, 5) is 5.14. The lowest BCUT2D eigenvalue weighted by Gasteiger charge is -2.29. The number of alkyl halides is 1. The first-order valence-electron chi connectivity index (χ1n) is 21.4. The van der Waals surface area contributed by atoms with E-state index in [1.165, 1.54) is 101 Å². The third-order valence-electron chi connectivity index (χ3n) is 13.9. The fourth-order valence-corrected chi connectivity index (χ4v) is 11.1. The Morgan fingerprint density at radius 2 is 1.50 bits per heavy atom. The molecule has 0 bridgehead atoms. The molecule has 3 aliphatic heterocycles. The summed E-state index contributed by atoms with van der Waals surface area (Å²) in [6.45, 7) is 18.7. The fourth-order valence-electron chi connectivity index (χ4n) is 10.7. The highest BCUT2D eigenvalue weighted by Crippen LogP contribution is 2.62. The van der Waals surface area contributed by atoms with E-state index in [4.69, 9.17) is 0 Å². The lowest BCUT2D eigenvalue weighted by atomic mass is 9.78. The second kappa shape index (κ2) is 12.6. The summed E-state index contributed by atoms with van der Waals surface area (Å²) in [6, 6.07) is 40.1. The molecule has 4 heteroatoms. The first-order valence-corrected chi connectivity index (χ1v) is 22.5. The largest absolute Gasteiger partial charge is 0.332 e. The van der Waals surface area contributed by atoms with Gasteiger partial charge in [-0.3, -0.25) is 0 Å². The molecule has 5 aliphatic rings. The molecule has 5 aromatic carbocycles. The van der Waals surface area contributed by atoms with Gasteiger partial charge < -0.3 is 14.4 Å². The average Bonchev–Trinajstić information content (AvgIpc) is 3.92. The van der Waals surface area contributed by atoms with Crippen LogP contribution in [0.4, 0.5) is 28.4 Å². The molecule has 3 atom stereocenters. The van der Waals surface area contributed by atoms with Gasteiger partial charge in [-0.25, -0.2) is 0 Å². The zero-order valence-electron chi connectivity index (χ0n) is 35.0. The van der Waals surface area contributed by atoms with Gasteiger partial charge in [0.25, 0.3) is 0 Å². The standard InChI is InChI=1S/C54H52IN3/c1-9-32-15-18-37(19-16-32)56(36-13-11-10-12-14-36)38-20-21-39-45-26-35(54(7,8)55)27-46-42-30-49-41(29-50(42)58(52(45)46)48(39)28-38)44-24-33(31(2)3)23-43-40-25-34(53(4,5)6)17-22-47(40)57(49)51(43)44/h10-25,27-31,44-45,51H,9,26H2,1-8H3. The van der Waals surface area contributed by atoms with Crippen LogP contribution in [0.15, 0.2) is 126 Å². The van der Waals surface area contributed by atoms with Crippen molar-refractivity contribution in [3.05, 3.63) is 166 Å². The van der Waals surface area contributed by atoms with Gasteiger partial charge in [-0.2, -0.15) is 0 Å². The first kappa shape index (κ1) is 36.3. The van der Waals surface area contributed by atoms with Gasteiger partial charge in [-0.1, -0.05) is 130 Å². The molecular formula is C54H52IN3. The minimum absolute atomic E-state index is 0.0450. The van der Waals surface area contributed by atoms with Crippen molar-refractivity contribution in [3.8, 4) is 5.69 Å². The van der Waals surface area contributed by atoms with Crippen molar-refractivity contribution in [2.24, 2.45) is 5.92 Å². The second-order valence-electron chi connectivity index (χ2n) is 19.1. The zero-order chi connectivity index (χ0) is 40.0. The van der Waals surface area contributed by atoms with E-state index in [9.17, 15) is 0 Å². The second-order valence-corrected chi connectivity index (χ2v) is 21.8. The summed E-state index contributed by atoms with van der Waals surface area (Å²) in [5.41, 5.74) is 23.4. The first-order chi connectivity index (χ1) is 27.8. The minimum Gasteiger partial charge on any atom is -0.332 e. The topological polar surface area (TPSA) is 11.4 Å². The number of fused-ring (bicyclic) bond motifs is 12. The molecule has 0 saturated carbocycles. The van der Waals surface area contributed by atoms with Crippen LogP contribution in [0.5, 0.6) is 0 Å². The SMILES string of the molecule is CCc1ccc(N(c2ccccc2)c2ccc3c(c2)-n2c4c(c5cc6c(cc52)C2C=C(C(C)C)C=C5c7cc(C(C)(C)C)ccc7N6C52)C=C(C(C)(C)I)CC34)cc1. The number of aryl methyl sites for hydroxylation is 1. The van der Waals surface area contributed by atoms with Gasteiger partial charge in [-0.05, 0) is 132 Å². The molecule has 58 heavy (non-hydrogen) atoms. The molecule has 4 heterocycles. The molecular weight excluding hydrogens is 818 g/mol. The van der Waals surface area contributed by atoms with Gasteiger partial charge in [0.2, 0.25) is 0 Å². The van der Waals surface area contributed by atoms with Crippen molar-refractivity contribution in [1.29, 1.82) is 0 Å². The number of rotatable bonds is 6. The summed E-state index contributed by atoms with van der Waals surface area (Å²) in [5.74, 6) is 1.07. The Kier molecular flexibility index (Phi) is 7.88. The molecule has 0 saturated heterocycles. The predicted octanol–water partition coefficient (Wildman–Crippen LogP) is 15.0. The molecule has 11 rings (SSSR count). The lowest BCUT2D eigenvalue weighted by Crippen LogP contribution is -2.27. The summed E-state index contributed by atoms with van der Waals surface area (Å²) in [5, 5.41) is 1.37. The lowest BCUT2D eigenvalue weighted by molar-refractivity contribution is 0.590. The number of aromatic nitrogens is 1. The summed E-state index contributed by atoms with van der Waals surface area (Å²) in [7, 11) is 0. The minimum atomic E-state index is 0.0450. The molecule has 6 aromatic rings. The van der Waals surface area contributed by atoms with E-state index >= 15 is 0 Å². The Balaban J connectivity index is 1.15. The molecule has 2 aliphatic carbocycles. The number of allylic oxidation sites excluding steroid dienone is 3. The third kappa shape index (κ3) is 5.22. The Bertz CT molecular complexity index is 2800. The van der Waals surface area contributed by atoms with E-state index in [2.05, 4.69) is 214 Å². The number of benzene rings is 5. The van der Waals surface area contributed by atoms with Crippen LogP contribution in [0, 0.1) is 5.92 Å². The smallest absolute Gasteiger partial charge is 0.0702 e. The highest BCUT2D eigenvalue weighted by Gasteiger charge is 2.49. The predicted molar refractivity (Wildman–Crippen MR) is 255 cm³/mol. The number of anilines is 5. The molecule has 0 radical (unpaired) electrons. The van der Waals surface area contributed by atoms with Gasteiger partial charge in [0, 0.05) is 65.9 Å². The number of nitrogens with zero attached hydrogens (tertiary/aromatic N) is 3. The Hall–Kier alpha value is -4.81. The molecule has 0 amide bonds. The molecule has 0 spiro atoms. The zero-order valence-corrected chi connectivity index (χ0v) is 37.1. The van der Waals surface area contributed by atoms with E-state index in [-0.39, 0.29) is 14.9 Å². The summed E-state index contributed by atoms with van der Waals surface area (Å²) < 4.78 is 2.72. The van der Waals surface area contributed by atoms with Crippen LogP contribution in [0.1, 0.15) is 113 Å². The Morgan fingerprint density at radius 1 is 0.759 bits per heavy atom. The fraction of sp³-hybridized carbons (Fsp3) is 0.296. The molecule has 1 aromatic heterocycles. The number of hydrogen-bond donors (Lipinski definition) is 0. The molecule has 3 nitrogen and oxygen atoms in total. The Morgan fingerprint density at radius 3 is 2.21 bits per heavy atom. The monoisotopic (exact) mass is 869 g/mol. The van der Waals surface area contributed by atoms with E-state index in [1.54, 1.807) is 0 Å². The average molecular weight is 870 g/mol. The Labute approximate surface area is 357 Å². The van der Waals surface area contributed by atoms with Gasteiger partial charge in [0.05, 0.1) is 17.2 Å². The maximum Gasteiger partial charge on any atom is 0.0702 e. The highest BCUT2D eigenvalue weighted by atomic mass is 127. The van der Waals surface area contributed by atoms with Crippen molar-refractivity contribution in [3.63, 3.8) is 0 Å². The maximum absolute atomic E-state index is 2.71. The third-order valence-corrected chi connectivity index (χ3v) is 14.6. The molecule has 0 N–H and O–H groups in total. The van der Waals surface area contributed by atoms with Gasteiger partial charge in [0.15, 0.2) is 0 Å². The van der Waals surface area contributed by atoms with E-state index in [1.807, 2.05) is 0 Å². The number of para-hydroxylation sites is 1. The van der Waals surface area contributed by atoms with Crippen molar-refractivity contribution in [2.45, 2.75) is 94.9 Å². The maximum atomic E-state index is 2.71. The van der Waals surface area contributed by atoms with Crippen LogP contribution < -0.4 is 9.80 Å². The van der Waals surface area contributed by atoms with Gasteiger partial charge in [-0.15, -0.1) is 0 Å².